The summed E-state index contributed by atoms with van der Waals surface area (Å²) in [6, 6.07) is 3.62. The number of rotatable bonds is 4. The fourth-order valence-corrected chi connectivity index (χ4v) is 1.15. The zero-order valence-corrected chi connectivity index (χ0v) is 8.47. The number of hydrogen-bond acceptors (Lipinski definition) is 3. The molecule has 1 aromatic heterocycles. The fourth-order valence-electron chi connectivity index (χ4n) is 0.898. The van der Waals surface area contributed by atoms with Gasteiger partial charge in [0.05, 0.1) is 6.61 Å². The number of nitrogens with zero attached hydrogens (tertiary/aromatic N) is 1. The van der Waals surface area contributed by atoms with Gasteiger partial charge >= 0.3 is 0 Å². The Kier molecular flexibility index (Phi) is 3.99. The highest BCUT2D eigenvalue weighted by molar-refractivity contribution is 6.29. The van der Waals surface area contributed by atoms with Gasteiger partial charge in [-0.2, -0.15) is 0 Å². The first-order chi connectivity index (χ1) is 6.22. The van der Waals surface area contributed by atoms with Gasteiger partial charge in [-0.25, -0.2) is 4.98 Å². The summed E-state index contributed by atoms with van der Waals surface area (Å²) in [5, 5.41) is 0.451. The standard InChI is InChI=1S/C9H12ClNO2/c1-7-5-8(10)11-9(6-7)13-4-3-12-2/h5-6H,3-4H2,1-2H3. The number of aryl methyl sites for hydroxylation is 1. The largest absolute Gasteiger partial charge is 0.475 e. The molecule has 0 spiro atoms. The van der Waals surface area contributed by atoms with Crippen LogP contribution >= 0.6 is 11.6 Å². The lowest BCUT2D eigenvalue weighted by atomic mass is 10.3. The average Bonchev–Trinajstić information content (AvgIpc) is 2.03. The molecule has 0 saturated carbocycles. The maximum Gasteiger partial charge on any atom is 0.214 e. The highest BCUT2D eigenvalue weighted by Gasteiger charge is 1.98. The van der Waals surface area contributed by atoms with E-state index in [-0.39, 0.29) is 0 Å². The topological polar surface area (TPSA) is 31.4 Å². The molecule has 0 aromatic carbocycles. The molecule has 0 aliphatic carbocycles. The smallest absolute Gasteiger partial charge is 0.214 e. The van der Waals surface area contributed by atoms with Crippen molar-refractivity contribution in [3.8, 4) is 5.88 Å². The molecule has 3 nitrogen and oxygen atoms in total. The van der Waals surface area contributed by atoms with Crippen LogP contribution in [0.4, 0.5) is 0 Å². The van der Waals surface area contributed by atoms with Crippen molar-refractivity contribution in [3.63, 3.8) is 0 Å². The van der Waals surface area contributed by atoms with Crippen molar-refractivity contribution >= 4 is 11.6 Å². The van der Waals surface area contributed by atoms with E-state index in [1.54, 1.807) is 13.2 Å². The summed E-state index contributed by atoms with van der Waals surface area (Å²) >= 11 is 5.74. The van der Waals surface area contributed by atoms with Gasteiger partial charge in [0.25, 0.3) is 0 Å². The van der Waals surface area contributed by atoms with E-state index in [1.807, 2.05) is 13.0 Å². The Bertz CT molecular complexity index is 258. The molecule has 13 heavy (non-hydrogen) atoms. The van der Waals surface area contributed by atoms with Crippen molar-refractivity contribution in [2.24, 2.45) is 0 Å². The normalized spacial score (nSPS) is 10.1. The van der Waals surface area contributed by atoms with E-state index < -0.39 is 0 Å². The lowest BCUT2D eigenvalue weighted by Crippen LogP contribution is -2.05. The van der Waals surface area contributed by atoms with E-state index >= 15 is 0 Å². The van der Waals surface area contributed by atoms with Crippen molar-refractivity contribution in [2.45, 2.75) is 6.92 Å². The predicted octanol–water partition coefficient (Wildman–Crippen LogP) is 2.07. The molecule has 0 N–H and O–H groups in total. The van der Waals surface area contributed by atoms with Gasteiger partial charge in [0.2, 0.25) is 5.88 Å². The van der Waals surface area contributed by atoms with Crippen molar-refractivity contribution in [1.29, 1.82) is 0 Å². The number of ether oxygens (including phenoxy) is 2. The molecule has 72 valence electrons. The molecule has 1 aromatic rings. The molecule has 1 rings (SSSR count). The van der Waals surface area contributed by atoms with E-state index in [2.05, 4.69) is 4.98 Å². The third-order valence-corrected chi connectivity index (χ3v) is 1.65. The summed E-state index contributed by atoms with van der Waals surface area (Å²) in [5.41, 5.74) is 1.03. The molecule has 0 amide bonds. The van der Waals surface area contributed by atoms with Crippen LogP contribution in [0.2, 0.25) is 5.15 Å². The average molecular weight is 202 g/mol. The Labute approximate surface area is 82.6 Å². The second-order valence-electron chi connectivity index (χ2n) is 2.65. The van der Waals surface area contributed by atoms with Crippen molar-refractivity contribution in [1.82, 2.24) is 4.98 Å². The number of halogens is 1. The molecule has 4 heteroatoms. The Morgan fingerprint density at radius 3 is 2.77 bits per heavy atom. The number of hydrogen-bond donors (Lipinski definition) is 0. The van der Waals surface area contributed by atoms with Crippen molar-refractivity contribution in [2.75, 3.05) is 20.3 Å². The van der Waals surface area contributed by atoms with E-state index in [9.17, 15) is 0 Å². The lowest BCUT2D eigenvalue weighted by Gasteiger charge is -2.05. The Morgan fingerprint density at radius 1 is 1.38 bits per heavy atom. The van der Waals surface area contributed by atoms with Gasteiger partial charge in [-0.3, -0.25) is 0 Å². The SMILES string of the molecule is COCCOc1cc(C)cc(Cl)n1. The summed E-state index contributed by atoms with van der Waals surface area (Å²) in [6.45, 7) is 2.98. The minimum absolute atomic E-state index is 0.451. The number of pyridine rings is 1. The summed E-state index contributed by atoms with van der Waals surface area (Å²) in [4.78, 5) is 3.99. The molecular weight excluding hydrogens is 190 g/mol. The van der Waals surface area contributed by atoms with Crippen LogP contribution in [-0.2, 0) is 4.74 Å². The molecule has 0 radical (unpaired) electrons. The second-order valence-corrected chi connectivity index (χ2v) is 3.03. The molecular formula is C9H12ClNO2. The Balaban J connectivity index is 2.56. The highest BCUT2D eigenvalue weighted by atomic mass is 35.5. The molecule has 0 aliphatic heterocycles. The van der Waals surface area contributed by atoms with Crippen LogP contribution in [0.1, 0.15) is 5.56 Å². The summed E-state index contributed by atoms with van der Waals surface area (Å²) in [7, 11) is 1.63. The first-order valence-corrected chi connectivity index (χ1v) is 4.36. The van der Waals surface area contributed by atoms with Gasteiger partial charge in [-0.05, 0) is 18.6 Å². The van der Waals surface area contributed by atoms with Crippen LogP contribution in [0, 0.1) is 6.92 Å². The maximum absolute atomic E-state index is 5.74. The van der Waals surface area contributed by atoms with Gasteiger partial charge in [-0.1, -0.05) is 11.6 Å². The van der Waals surface area contributed by atoms with E-state index in [4.69, 9.17) is 21.1 Å². The molecule has 0 fully saturated rings. The maximum atomic E-state index is 5.74. The third-order valence-electron chi connectivity index (χ3n) is 1.45. The van der Waals surface area contributed by atoms with Crippen LogP contribution in [0.15, 0.2) is 12.1 Å². The van der Waals surface area contributed by atoms with E-state index in [0.717, 1.165) is 5.56 Å². The number of methoxy groups -OCH3 is 1. The monoisotopic (exact) mass is 201 g/mol. The third kappa shape index (κ3) is 3.61. The Hall–Kier alpha value is -0.800. The highest BCUT2D eigenvalue weighted by Crippen LogP contribution is 2.15. The van der Waals surface area contributed by atoms with Gasteiger partial charge in [0, 0.05) is 13.2 Å². The quantitative estimate of drug-likeness (QED) is 0.552. The van der Waals surface area contributed by atoms with Crippen LogP contribution in [0.5, 0.6) is 5.88 Å². The summed E-state index contributed by atoms with van der Waals surface area (Å²) in [5.74, 6) is 0.544. The lowest BCUT2D eigenvalue weighted by molar-refractivity contribution is 0.143. The zero-order valence-electron chi connectivity index (χ0n) is 7.71. The first kappa shape index (κ1) is 10.3. The predicted molar refractivity (Wildman–Crippen MR) is 51.4 cm³/mol. The molecule has 0 unspecified atom stereocenters. The molecule has 0 aliphatic rings. The van der Waals surface area contributed by atoms with Gasteiger partial charge < -0.3 is 9.47 Å². The molecule has 1 heterocycles. The summed E-state index contributed by atoms with van der Waals surface area (Å²) < 4.78 is 10.1. The van der Waals surface area contributed by atoms with E-state index in [1.165, 1.54) is 0 Å². The van der Waals surface area contributed by atoms with Crippen molar-refractivity contribution < 1.29 is 9.47 Å². The minimum atomic E-state index is 0.451. The molecule has 0 atom stereocenters. The van der Waals surface area contributed by atoms with Crippen LogP contribution in [0.3, 0.4) is 0 Å². The zero-order chi connectivity index (χ0) is 9.68. The van der Waals surface area contributed by atoms with Crippen LogP contribution in [0.25, 0.3) is 0 Å². The second kappa shape index (κ2) is 5.04. The van der Waals surface area contributed by atoms with Gasteiger partial charge in [0.15, 0.2) is 0 Å². The molecule has 0 bridgehead atoms. The first-order valence-electron chi connectivity index (χ1n) is 3.98. The fraction of sp³-hybridized carbons (Fsp3) is 0.444. The summed E-state index contributed by atoms with van der Waals surface area (Å²) in [6.07, 6.45) is 0. The van der Waals surface area contributed by atoms with Gasteiger partial charge in [-0.15, -0.1) is 0 Å². The molecule has 0 saturated heterocycles. The van der Waals surface area contributed by atoms with Crippen molar-refractivity contribution in [3.05, 3.63) is 22.8 Å². The Morgan fingerprint density at radius 2 is 2.15 bits per heavy atom. The van der Waals surface area contributed by atoms with Gasteiger partial charge in [0.1, 0.15) is 11.8 Å². The van der Waals surface area contributed by atoms with E-state index in [0.29, 0.717) is 24.2 Å². The van der Waals surface area contributed by atoms with Crippen LogP contribution < -0.4 is 4.74 Å². The minimum Gasteiger partial charge on any atom is -0.475 e. The van der Waals surface area contributed by atoms with Crippen LogP contribution in [-0.4, -0.2) is 25.3 Å². The number of aromatic nitrogens is 1.